The SMILES string of the molecule is CCc1ccc([C@H](NC(=O)COC(=O)c2n[nH]c3ccccc23)C(C)C)cc1. The van der Waals surface area contributed by atoms with Gasteiger partial charge in [-0.05, 0) is 29.5 Å². The number of benzene rings is 2. The highest BCUT2D eigenvalue weighted by Gasteiger charge is 2.21. The van der Waals surface area contributed by atoms with Crippen molar-refractivity contribution >= 4 is 22.8 Å². The number of ether oxygens (including phenoxy) is 1. The van der Waals surface area contributed by atoms with Crippen LogP contribution in [-0.2, 0) is 16.0 Å². The Balaban J connectivity index is 1.62. The third kappa shape index (κ3) is 4.39. The van der Waals surface area contributed by atoms with Gasteiger partial charge in [-0.15, -0.1) is 0 Å². The maximum absolute atomic E-state index is 12.4. The van der Waals surface area contributed by atoms with E-state index in [1.165, 1.54) is 5.56 Å². The number of amides is 1. The summed E-state index contributed by atoms with van der Waals surface area (Å²) in [5.41, 5.74) is 3.20. The number of rotatable bonds is 7. The van der Waals surface area contributed by atoms with Crippen molar-refractivity contribution in [2.75, 3.05) is 6.61 Å². The smallest absolute Gasteiger partial charge is 0.359 e. The van der Waals surface area contributed by atoms with Gasteiger partial charge in [0.15, 0.2) is 12.3 Å². The van der Waals surface area contributed by atoms with Gasteiger partial charge in [-0.3, -0.25) is 9.89 Å². The fourth-order valence-electron chi connectivity index (χ4n) is 3.13. The zero-order chi connectivity index (χ0) is 20.1. The van der Waals surface area contributed by atoms with Gasteiger partial charge in [0.25, 0.3) is 5.91 Å². The molecular formula is C22H25N3O3. The zero-order valence-electron chi connectivity index (χ0n) is 16.4. The lowest BCUT2D eigenvalue weighted by Crippen LogP contribution is -2.35. The molecule has 0 spiro atoms. The lowest BCUT2D eigenvalue weighted by Gasteiger charge is -2.23. The molecule has 2 N–H and O–H groups in total. The number of aromatic nitrogens is 2. The van der Waals surface area contributed by atoms with Crippen LogP contribution in [0.5, 0.6) is 0 Å². The Bertz CT molecular complexity index is 961. The molecular weight excluding hydrogens is 354 g/mol. The van der Waals surface area contributed by atoms with Gasteiger partial charge in [0.2, 0.25) is 0 Å². The number of esters is 1. The summed E-state index contributed by atoms with van der Waals surface area (Å²) in [5, 5.41) is 10.4. The number of H-pyrrole nitrogens is 1. The molecule has 6 nitrogen and oxygen atoms in total. The number of carbonyl (C=O) groups excluding carboxylic acids is 2. The number of hydrogen-bond acceptors (Lipinski definition) is 4. The van der Waals surface area contributed by atoms with Crippen molar-refractivity contribution < 1.29 is 14.3 Å². The Morgan fingerprint density at radius 1 is 1.11 bits per heavy atom. The topological polar surface area (TPSA) is 84.1 Å². The number of nitrogens with zero attached hydrogens (tertiary/aromatic N) is 1. The second-order valence-corrected chi connectivity index (χ2v) is 7.08. The molecule has 3 aromatic rings. The monoisotopic (exact) mass is 379 g/mol. The van der Waals surface area contributed by atoms with Crippen molar-refractivity contribution in [1.29, 1.82) is 0 Å². The van der Waals surface area contributed by atoms with Crippen LogP contribution in [-0.4, -0.2) is 28.7 Å². The molecule has 0 radical (unpaired) electrons. The summed E-state index contributed by atoms with van der Waals surface area (Å²) in [4.78, 5) is 24.7. The van der Waals surface area contributed by atoms with Crippen LogP contribution in [0.4, 0.5) is 0 Å². The van der Waals surface area contributed by atoms with Gasteiger partial charge in [-0.2, -0.15) is 5.10 Å². The minimum absolute atomic E-state index is 0.150. The highest BCUT2D eigenvalue weighted by molar-refractivity contribution is 6.02. The molecule has 1 atom stereocenters. The van der Waals surface area contributed by atoms with E-state index in [-0.39, 0.29) is 30.2 Å². The largest absolute Gasteiger partial charge is 0.451 e. The Labute approximate surface area is 164 Å². The highest BCUT2D eigenvalue weighted by atomic mass is 16.5. The molecule has 0 aliphatic rings. The number of carbonyl (C=O) groups is 2. The third-order valence-corrected chi connectivity index (χ3v) is 4.73. The molecule has 0 bridgehead atoms. The second-order valence-electron chi connectivity index (χ2n) is 7.08. The van der Waals surface area contributed by atoms with E-state index in [4.69, 9.17) is 4.74 Å². The number of aryl methyl sites for hydroxylation is 1. The molecule has 146 valence electrons. The van der Waals surface area contributed by atoms with Crippen LogP contribution < -0.4 is 5.32 Å². The van der Waals surface area contributed by atoms with Gasteiger partial charge in [0.05, 0.1) is 11.6 Å². The third-order valence-electron chi connectivity index (χ3n) is 4.73. The van der Waals surface area contributed by atoms with Gasteiger partial charge in [0.1, 0.15) is 0 Å². The predicted octanol–water partition coefficient (Wildman–Crippen LogP) is 3.80. The molecule has 0 aliphatic heterocycles. The quantitative estimate of drug-likeness (QED) is 0.612. The number of para-hydroxylation sites is 1. The lowest BCUT2D eigenvalue weighted by molar-refractivity contribution is -0.125. The minimum Gasteiger partial charge on any atom is -0.451 e. The molecule has 1 heterocycles. The van der Waals surface area contributed by atoms with Crippen molar-refractivity contribution in [2.24, 2.45) is 5.92 Å². The molecule has 0 saturated carbocycles. The first kappa shape index (κ1) is 19.6. The van der Waals surface area contributed by atoms with Crippen LogP contribution in [0.1, 0.15) is 48.4 Å². The van der Waals surface area contributed by atoms with E-state index in [0.717, 1.165) is 17.5 Å². The van der Waals surface area contributed by atoms with Crippen molar-refractivity contribution in [3.05, 3.63) is 65.4 Å². The Hall–Kier alpha value is -3.15. The van der Waals surface area contributed by atoms with Gasteiger partial charge >= 0.3 is 5.97 Å². The van der Waals surface area contributed by atoms with E-state index in [2.05, 4.69) is 34.6 Å². The Kier molecular flexibility index (Phi) is 6.09. The summed E-state index contributed by atoms with van der Waals surface area (Å²) < 4.78 is 5.18. The fraction of sp³-hybridized carbons (Fsp3) is 0.318. The van der Waals surface area contributed by atoms with E-state index in [1.54, 1.807) is 6.07 Å². The molecule has 0 unspecified atom stereocenters. The predicted molar refractivity (Wildman–Crippen MR) is 108 cm³/mol. The average molecular weight is 379 g/mol. The standard InChI is InChI=1S/C22H25N3O3/c1-4-15-9-11-16(12-10-15)20(14(2)3)23-19(26)13-28-22(27)21-17-7-5-6-8-18(17)24-25-21/h5-12,14,20H,4,13H2,1-3H3,(H,23,26)(H,24,25)/t20-/m1/s1. The molecule has 0 aliphatic carbocycles. The second kappa shape index (κ2) is 8.69. The first-order valence-electron chi connectivity index (χ1n) is 9.48. The first-order valence-corrected chi connectivity index (χ1v) is 9.48. The highest BCUT2D eigenvalue weighted by Crippen LogP contribution is 2.22. The normalized spacial score (nSPS) is 12.1. The molecule has 28 heavy (non-hydrogen) atoms. The molecule has 6 heteroatoms. The molecule has 0 fully saturated rings. The summed E-state index contributed by atoms with van der Waals surface area (Å²) in [6.07, 6.45) is 0.969. The van der Waals surface area contributed by atoms with Crippen molar-refractivity contribution in [3.63, 3.8) is 0 Å². The summed E-state index contributed by atoms with van der Waals surface area (Å²) >= 11 is 0. The number of nitrogens with one attached hydrogen (secondary N) is 2. The van der Waals surface area contributed by atoms with Crippen molar-refractivity contribution in [2.45, 2.75) is 33.2 Å². The van der Waals surface area contributed by atoms with Gasteiger partial charge < -0.3 is 10.1 Å². The zero-order valence-corrected chi connectivity index (χ0v) is 16.4. The van der Waals surface area contributed by atoms with Crippen LogP contribution in [0.15, 0.2) is 48.5 Å². The van der Waals surface area contributed by atoms with Crippen LogP contribution in [0.3, 0.4) is 0 Å². The number of aromatic amines is 1. The summed E-state index contributed by atoms with van der Waals surface area (Å²) in [6, 6.07) is 15.3. The maximum Gasteiger partial charge on any atom is 0.359 e. The lowest BCUT2D eigenvalue weighted by atomic mass is 9.95. The van der Waals surface area contributed by atoms with Crippen LogP contribution in [0.25, 0.3) is 10.9 Å². The van der Waals surface area contributed by atoms with Gasteiger partial charge in [0, 0.05) is 5.39 Å². The van der Waals surface area contributed by atoms with E-state index in [0.29, 0.717) is 5.39 Å². The molecule has 3 rings (SSSR count). The van der Waals surface area contributed by atoms with Crippen molar-refractivity contribution in [3.8, 4) is 0 Å². The molecule has 1 amide bonds. The first-order chi connectivity index (χ1) is 13.5. The summed E-state index contributed by atoms with van der Waals surface area (Å²) in [5.74, 6) is -0.769. The van der Waals surface area contributed by atoms with E-state index in [9.17, 15) is 9.59 Å². The maximum atomic E-state index is 12.4. The number of hydrogen-bond donors (Lipinski definition) is 2. The van der Waals surface area contributed by atoms with Crippen LogP contribution >= 0.6 is 0 Å². The van der Waals surface area contributed by atoms with Gasteiger partial charge in [-0.25, -0.2) is 4.79 Å². The molecule has 1 aromatic heterocycles. The van der Waals surface area contributed by atoms with Crippen LogP contribution in [0.2, 0.25) is 0 Å². The number of fused-ring (bicyclic) bond motifs is 1. The van der Waals surface area contributed by atoms with Crippen molar-refractivity contribution in [1.82, 2.24) is 15.5 Å². The van der Waals surface area contributed by atoms with E-state index in [1.807, 2.05) is 44.2 Å². The van der Waals surface area contributed by atoms with Crippen LogP contribution in [0, 0.1) is 5.92 Å². The van der Waals surface area contributed by atoms with Gasteiger partial charge in [-0.1, -0.05) is 63.2 Å². The molecule has 2 aromatic carbocycles. The average Bonchev–Trinajstić information content (AvgIpc) is 3.14. The minimum atomic E-state index is -0.624. The summed E-state index contributed by atoms with van der Waals surface area (Å²) in [6.45, 7) is 5.84. The van der Waals surface area contributed by atoms with E-state index >= 15 is 0 Å². The Morgan fingerprint density at radius 2 is 1.82 bits per heavy atom. The Morgan fingerprint density at radius 3 is 2.50 bits per heavy atom. The fourth-order valence-corrected chi connectivity index (χ4v) is 3.13. The van der Waals surface area contributed by atoms with E-state index < -0.39 is 5.97 Å². The summed E-state index contributed by atoms with van der Waals surface area (Å²) in [7, 11) is 0. The molecule has 0 saturated heterocycles.